The zero-order chi connectivity index (χ0) is 13.4. The minimum absolute atomic E-state index is 0.564. The molecule has 18 heavy (non-hydrogen) atoms. The van der Waals surface area contributed by atoms with Gasteiger partial charge in [0.25, 0.3) is 0 Å². The normalized spacial score (nSPS) is 12.2. The number of nitrogens with one attached hydrogen (secondary N) is 2. The Kier molecular flexibility index (Phi) is 7.20. The maximum absolute atomic E-state index is 6.06. The first-order valence-corrected chi connectivity index (χ1v) is 7.87. The molecule has 0 bridgehead atoms. The van der Waals surface area contributed by atoms with Crippen molar-refractivity contribution < 1.29 is 0 Å². The summed E-state index contributed by atoms with van der Waals surface area (Å²) >= 11 is 7.92. The number of halogens is 1. The molecule has 0 spiro atoms. The van der Waals surface area contributed by atoms with Gasteiger partial charge in [-0.1, -0.05) is 25.4 Å². The lowest BCUT2D eigenvalue weighted by molar-refractivity contribution is 0.848. The minimum Gasteiger partial charge on any atom is -0.369 e. The van der Waals surface area contributed by atoms with Crippen LogP contribution in [-0.2, 0) is 0 Å². The second-order valence-electron chi connectivity index (χ2n) is 4.08. The number of hydrogen-bond acceptors (Lipinski definition) is 5. The third kappa shape index (κ3) is 5.31. The Morgan fingerprint density at radius 3 is 2.83 bits per heavy atom. The van der Waals surface area contributed by atoms with Crippen LogP contribution in [0.4, 0.5) is 11.8 Å². The third-order valence-electron chi connectivity index (χ3n) is 2.52. The van der Waals surface area contributed by atoms with Crippen LogP contribution >= 0.6 is 23.4 Å². The number of anilines is 2. The molecule has 1 unspecified atom stereocenters. The Bertz CT molecular complexity index is 362. The molecule has 0 amide bonds. The van der Waals surface area contributed by atoms with E-state index >= 15 is 0 Å². The maximum Gasteiger partial charge on any atom is 0.224 e. The van der Waals surface area contributed by atoms with Gasteiger partial charge in [-0.15, -0.1) is 0 Å². The highest BCUT2D eigenvalue weighted by atomic mass is 35.5. The lowest BCUT2D eigenvalue weighted by atomic mass is 10.3. The summed E-state index contributed by atoms with van der Waals surface area (Å²) in [6.07, 6.45) is 5.88. The third-order valence-corrected chi connectivity index (χ3v) is 3.84. The van der Waals surface area contributed by atoms with Gasteiger partial charge in [0.1, 0.15) is 10.8 Å². The Labute approximate surface area is 118 Å². The molecule has 0 aromatic carbocycles. The average molecular weight is 289 g/mol. The predicted octanol–water partition coefficient (Wildman–Crippen LogP) is 3.51. The molecule has 1 aromatic heterocycles. The molecular weight excluding hydrogens is 268 g/mol. The molecule has 0 saturated carbocycles. The average Bonchev–Trinajstić information content (AvgIpc) is 2.39. The van der Waals surface area contributed by atoms with Crippen LogP contribution in [-0.4, -0.2) is 34.6 Å². The summed E-state index contributed by atoms with van der Waals surface area (Å²) in [5.41, 5.74) is 0. The van der Waals surface area contributed by atoms with E-state index in [2.05, 4.69) is 40.7 Å². The van der Waals surface area contributed by atoms with Gasteiger partial charge >= 0.3 is 0 Å². The summed E-state index contributed by atoms with van der Waals surface area (Å²) < 4.78 is 0. The van der Waals surface area contributed by atoms with E-state index in [9.17, 15) is 0 Å². The monoisotopic (exact) mass is 288 g/mol. The number of aromatic nitrogens is 2. The van der Waals surface area contributed by atoms with Gasteiger partial charge in [-0.25, -0.2) is 4.98 Å². The first kappa shape index (κ1) is 15.4. The van der Waals surface area contributed by atoms with Crippen LogP contribution < -0.4 is 10.6 Å². The molecule has 0 fully saturated rings. The van der Waals surface area contributed by atoms with E-state index in [0.29, 0.717) is 22.0 Å². The predicted molar refractivity (Wildman–Crippen MR) is 81.9 cm³/mol. The van der Waals surface area contributed by atoms with Crippen molar-refractivity contribution >= 4 is 35.1 Å². The van der Waals surface area contributed by atoms with Crippen molar-refractivity contribution in [2.24, 2.45) is 0 Å². The quantitative estimate of drug-likeness (QED) is 0.767. The molecule has 1 aromatic rings. The first-order valence-electron chi connectivity index (χ1n) is 6.20. The van der Waals surface area contributed by atoms with Crippen LogP contribution in [0.2, 0.25) is 5.02 Å². The van der Waals surface area contributed by atoms with Gasteiger partial charge in [-0.2, -0.15) is 16.7 Å². The largest absolute Gasteiger partial charge is 0.369 e. The molecule has 0 radical (unpaired) electrons. The smallest absolute Gasteiger partial charge is 0.224 e. The Morgan fingerprint density at radius 2 is 2.17 bits per heavy atom. The zero-order valence-corrected chi connectivity index (χ0v) is 12.7. The molecule has 1 heterocycles. The van der Waals surface area contributed by atoms with Crippen molar-refractivity contribution in [1.82, 2.24) is 9.97 Å². The van der Waals surface area contributed by atoms with Crippen LogP contribution in [0.3, 0.4) is 0 Å². The molecule has 1 atom stereocenters. The highest BCUT2D eigenvalue weighted by Gasteiger charge is 2.05. The lowest BCUT2D eigenvalue weighted by Gasteiger charge is -2.11. The van der Waals surface area contributed by atoms with Crippen molar-refractivity contribution in [3.05, 3.63) is 11.2 Å². The first-order chi connectivity index (χ1) is 8.67. The van der Waals surface area contributed by atoms with Gasteiger partial charge in [0.15, 0.2) is 0 Å². The second kappa shape index (κ2) is 8.43. The number of nitrogens with zero attached hydrogens (tertiary/aromatic N) is 2. The van der Waals surface area contributed by atoms with E-state index in [1.54, 1.807) is 6.20 Å². The molecule has 0 saturated heterocycles. The molecule has 0 aliphatic carbocycles. The van der Waals surface area contributed by atoms with Gasteiger partial charge in [0, 0.05) is 18.3 Å². The van der Waals surface area contributed by atoms with E-state index in [1.807, 2.05) is 11.8 Å². The van der Waals surface area contributed by atoms with E-state index in [0.717, 1.165) is 25.9 Å². The SMILES string of the molecule is CCCNc1ncc(Cl)c(NCCC(C)SC)n1. The van der Waals surface area contributed by atoms with Gasteiger partial charge in [0.05, 0.1) is 6.20 Å². The van der Waals surface area contributed by atoms with Crippen molar-refractivity contribution in [2.45, 2.75) is 31.9 Å². The van der Waals surface area contributed by atoms with E-state index in [4.69, 9.17) is 11.6 Å². The van der Waals surface area contributed by atoms with Crippen LogP contribution in [0.1, 0.15) is 26.7 Å². The van der Waals surface area contributed by atoms with Gasteiger partial charge in [-0.05, 0) is 19.1 Å². The van der Waals surface area contributed by atoms with Crippen LogP contribution in [0, 0.1) is 0 Å². The minimum atomic E-state index is 0.564. The summed E-state index contributed by atoms with van der Waals surface area (Å²) in [6.45, 7) is 6.05. The van der Waals surface area contributed by atoms with Crippen molar-refractivity contribution in [1.29, 1.82) is 0 Å². The van der Waals surface area contributed by atoms with Crippen molar-refractivity contribution in [3.8, 4) is 0 Å². The molecule has 0 aliphatic heterocycles. The Hall–Kier alpha value is -0.680. The summed E-state index contributed by atoms with van der Waals surface area (Å²) in [6, 6.07) is 0. The Morgan fingerprint density at radius 1 is 1.39 bits per heavy atom. The fourth-order valence-corrected chi connectivity index (χ4v) is 1.84. The van der Waals surface area contributed by atoms with Crippen LogP contribution in [0.25, 0.3) is 0 Å². The molecule has 6 heteroatoms. The highest BCUT2D eigenvalue weighted by molar-refractivity contribution is 7.99. The summed E-state index contributed by atoms with van der Waals surface area (Å²) in [5.74, 6) is 1.33. The highest BCUT2D eigenvalue weighted by Crippen LogP contribution is 2.20. The summed E-state index contributed by atoms with van der Waals surface area (Å²) in [5, 5.41) is 7.60. The molecule has 4 nitrogen and oxygen atoms in total. The summed E-state index contributed by atoms with van der Waals surface area (Å²) in [4.78, 5) is 8.50. The van der Waals surface area contributed by atoms with Gasteiger partial charge in [-0.3, -0.25) is 0 Å². The molecule has 1 rings (SSSR count). The molecular formula is C12H21ClN4S. The van der Waals surface area contributed by atoms with Gasteiger partial charge in [0.2, 0.25) is 5.95 Å². The fourth-order valence-electron chi connectivity index (χ4n) is 1.32. The lowest BCUT2D eigenvalue weighted by Crippen LogP contribution is -2.11. The van der Waals surface area contributed by atoms with Crippen molar-refractivity contribution in [3.63, 3.8) is 0 Å². The molecule has 0 aliphatic rings. The topological polar surface area (TPSA) is 49.8 Å². The van der Waals surface area contributed by atoms with Crippen molar-refractivity contribution in [2.75, 3.05) is 30.0 Å². The van der Waals surface area contributed by atoms with E-state index < -0.39 is 0 Å². The fraction of sp³-hybridized carbons (Fsp3) is 0.667. The van der Waals surface area contributed by atoms with E-state index in [-0.39, 0.29) is 0 Å². The van der Waals surface area contributed by atoms with Crippen LogP contribution in [0.5, 0.6) is 0 Å². The van der Waals surface area contributed by atoms with Crippen LogP contribution in [0.15, 0.2) is 6.20 Å². The standard InChI is InChI=1S/C12H21ClN4S/c1-4-6-15-12-16-8-10(13)11(17-12)14-7-5-9(2)18-3/h8-9H,4-7H2,1-3H3,(H2,14,15,16,17). The molecule has 2 N–H and O–H groups in total. The van der Waals surface area contributed by atoms with E-state index in [1.165, 1.54) is 0 Å². The number of thioether (sulfide) groups is 1. The maximum atomic E-state index is 6.06. The zero-order valence-electron chi connectivity index (χ0n) is 11.2. The molecule has 102 valence electrons. The second-order valence-corrected chi connectivity index (χ2v) is 5.76. The Balaban J connectivity index is 2.52. The van der Waals surface area contributed by atoms with Gasteiger partial charge < -0.3 is 10.6 Å². The summed E-state index contributed by atoms with van der Waals surface area (Å²) in [7, 11) is 0. The number of hydrogen-bond donors (Lipinski definition) is 2. The number of rotatable bonds is 8.